The van der Waals surface area contributed by atoms with Gasteiger partial charge in [0.25, 0.3) is 0 Å². The lowest BCUT2D eigenvalue weighted by Gasteiger charge is -2.26. The predicted octanol–water partition coefficient (Wildman–Crippen LogP) is 2.36. The number of hydrogen-bond acceptors (Lipinski definition) is 4. The van der Waals surface area contributed by atoms with Crippen molar-refractivity contribution >= 4 is 21.6 Å². The normalized spacial score (nSPS) is 16.3. The van der Waals surface area contributed by atoms with E-state index in [4.69, 9.17) is 16.3 Å². The molecule has 0 unspecified atom stereocenters. The Hall–Kier alpha value is -1.48. The lowest BCUT2D eigenvalue weighted by molar-refractivity contribution is 0.0730. The standard InChI is InChI=1S/C16H19ClFN3O3S/c1-11-16(25(22,23)20-5-7-24-8-6-20)12(2)21(19-11)10-13-3-4-14(18)9-15(13)17/h3-4,9H,5-8,10H2,1-2H3. The third-order valence-corrected chi connectivity index (χ3v) is 6.72. The minimum atomic E-state index is -3.63. The van der Waals surface area contributed by atoms with E-state index in [1.54, 1.807) is 24.6 Å². The highest BCUT2D eigenvalue weighted by Crippen LogP contribution is 2.26. The van der Waals surface area contributed by atoms with Crippen molar-refractivity contribution in [3.63, 3.8) is 0 Å². The topological polar surface area (TPSA) is 64.4 Å². The third kappa shape index (κ3) is 3.57. The number of benzene rings is 1. The molecule has 9 heteroatoms. The quantitative estimate of drug-likeness (QED) is 0.807. The molecule has 2 aromatic rings. The lowest BCUT2D eigenvalue weighted by Crippen LogP contribution is -2.41. The molecule has 0 N–H and O–H groups in total. The second-order valence-electron chi connectivity index (χ2n) is 5.91. The van der Waals surface area contributed by atoms with E-state index in [-0.39, 0.29) is 16.5 Å². The second-order valence-corrected chi connectivity index (χ2v) is 8.19. The van der Waals surface area contributed by atoms with Crippen LogP contribution in [0.4, 0.5) is 4.39 Å². The summed E-state index contributed by atoms with van der Waals surface area (Å²) in [7, 11) is -3.63. The number of rotatable bonds is 4. The number of ether oxygens (including phenoxy) is 1. The number of aromatic nitrogens is 2. The molecule has 1 aromatic carbocycles. The second kappa shape index (κ2) is 7.03. The number of hydrogen-bond donors (Lipinski definition) is 0. The maximum Gasteiger partial charge on any atom is 0.246 e. The molecule has 0 spiro atoms. The summed E-state index contributed by atoms with van der Waals surface area (Å²) in [5.74, 6) is -0.419. The molecule has 6 nitrogen and oxygen atoms in total. The highest BCUT2D eigenvalue weighted by molar-refractivity contribution is 7.89. The molecule has 0 amide bonds. The van der Waals surface area contributed by atoms with Crippen LogP contribution in [-0.2, 0) is 21.3 Å². The molecule has 0 saturated carbocycles. The molecule has 0 radical (unpaired) electrons. The fourth-order valence-corrected chi connectivity index (χ4v) is 4.94. The minimum Gasteiger partial charge on any atom is -0.379 e. The predicted molar refractivity (Wildman–Crippen MR) is 91.8 cm³/mol. The van der Waals surface area contributed by atoms with Crippen molar-refractivity contribution in [1.29, 1.82) is 0 Å². The molecule has 0 aliphatic carbocycles. The summed E-state index contributed by atoms with van der Waals surface area (Å²) in [4.78, 5) is 0.215. The Morgan fingerprint density at radius 2 is 1.96 bits per heavy atom. The van der Waals surface area contributed by atoms with Crippen LogP contribution in [0, 0.1) is 19.7 Å². The maximum atomic E-state index is 13.2. The SMILES string of the molecule is Cc1nn(Cc2ccc(F)cc2Cl)c(C)c1S(=O)(=O)N1CCOCC1. The Morgan fingerprint density at radius 1 is 1.28 bits per heavy atom. The highest BCUT2D eigenvalue weighted by Gasteiger charge is 2.32. The zero-order valence-electron chi connectivity index (χ0n) is 14.0. The number of aryl methyl sites for hydroxylation is 1. The molecule has 1 aliphatic heterocycles. The first-order valence-corrected chi connectivity index (χ1v) is 9.68. The van der Waals surface area contributed by atoms with E-state index >= 15 is 0 Å². The summed E-state index contributed by atoms with van der Waals surface area (Å²) in [6, 6.07) is 4.12. The van der Waals surface area contributed by atoms with Crippen LogP contribution >= 0.6 is 11.6 Å². The van der Waals surface area contributed by atoms with Crippen LogP contribution < -0.4 is 0 Å². The molecule has 0 atom stereocenters. The molecule has 1 aromatic heterocycles. The smallest absolute Gasteiger partial charge is 0.246 e. The molecular formula is C16H19ClFN3O3S. The van der Waals surface area contributed by atoms with Gasteiger partial charge < -0.3 is 4.74 Å². The molecule has 1 fully saturated rings. The van der Waals surface area contributed by atoms with E-state index < -0.39 is 15.8 Å². The molecule has 25 heavy (non-hydrogen) atoms. The number of nitrogens with zero attached hydrogens (tertiary/aromatic N) is 3. The summed E-state index contributed by atoms with van der Waals surface area (Å²) in [5.41, 5.74) is 1.63. The van der Waals surface area contributed by atoms with Gasteiger partial charge in [0, 0.05) is 18.1 Å². The van der Waals surface area contributed by atoms with Crippen molar-refractivity contribution in [3.05, 3.63) is 46.0 Å². The van der Waals surface area contributed by atoms with Gasteiger partial charge in [-0.1, -0.05) is 17.7 Å². The van der Waals surface area contributed by atoms with Gasteiger partial charge in [0.2, 0.25) is 10.0 Å². The molecule has 2 heterocycles. The van der Waals surface area contributed by atoms with Gasteiger partial charge in [-0.05, 0) is 31.5 Å². The summed E-state index contributed by atoms with van der Waals surface area (Å²) in [5, 5.41) is 4.64. The van der Waals surface area contributed by atoms with Crippen molar-refractivity contribution in [1.82, 2.24) is 14.1 Å². The van der Waals surface area contributed by atoms with Gasteiger partial charge in [0.05, 0.1) is 31.1 Å². The molecular weight excluding hydrogens is 369 g/mol. The zero-order chi connectivity index (χ0) is 18.2. The Balaban J connectivity index is 1.95. The van der Waals surface area contributed by atoms with E-state index in [0.717, 1.165) is 0 Å². The number of halogens is 2. The van der Waals surface area contributed by atoms with E-state index in [1.807, 2.05) is 0 Å². The van der Waals surface area contributed by atoms with Crippen LogP contribution in [0.1, 0.15) is 17.0 Å². The molecule has 136 valence electrons. The maximum absolute atomic E-state index is 13.2. The average Bonchev–Trinajstić information content (AvgIpc) is 2.85. The van der Waals surface area contributed by atoms with Gasteiger partial charge in [0.15, 0.2) is 0 Å². The van der Waals surface area contributed by atoms with Gasteiger partial charge in [-0.2, -0.15) is 9.40 Å². The first kappa shape index (κ1) is 18.3. The van der Waals surface area contributed by atoms with Gasteiger partial charge in [-0.15, -0.1) is 0 Å². The van der Waals surface area contributed by atoms with Crippen molar-refractivity contribution in [2.24, 2.45) is 0 Å². The van der Waals surface area contributed by atoms with Crippen LogP contribution in [0.3, 0.4) is 0 Å². The average molecular weight is 388 g/mol. The third-order valence-electron chi connectivity index (χ3n) is 4.22. The molecule has 3 rings (SSSR count). The minimum absolute atomic E-state index is 0.215. The first-order valence-electron chi connectivity index (χ1n) is 7.86. The van der Waals surface area contributed by atoms with Crippen LogP contribution in [0.2, 0.25) is 5.02 Å². The van der Waals surface area contributed by atoms with Gasteiger partial charge >= 0.3 is 0 Å². The summed E-state index contributed by atoms with van der Waals surface area (Å²) in [6.45, 7) is 5.08. The number of sulfonamides is 1. The fourth-order valence-electron chi connectivity index (χ4n) is 2.94. The Kier molecular flexibility index (Phi) is 5.15. The zero-order valence-corrected chi connectivity index (χ0v) is 15.6. The van der Waals surface area contributed by atoms with E-state index in [0.29, 0.717) is 43.3 Å². The van der Waals surface area contributed by atoms with Crippen LogP contribution in [-0.4, -0.2) is 48.8 Å². The van der Waals surface area contributed by atoms with Crippen molar-refractivity contribution in [3.8, 4) is 0 Å². The van der Waals surface area contributed by atoms with Crippen molar-refractivity contribution in [2.45, 2.75) is 25.3 Å². The number of morpholine rings is 1. The van der Waals surface area contributed by atoms with Crippen molar-refractivity contribution < 1.29 is 17.5 Å². The van der Waals surface area contributed by atoms with E-state index in [1.165, 1.54) is 16.4 Å². The van der Waals surface area contributed by atoms with Crippen LogP contribution in [0.25, 0.3) is 0 Å². The highest BCUT2D eigenvalue weighted by atomic mass is 35.5. The Morgan fingerprint density at radius 3 is 2.60 bits per heavy atom. The molecule has 1 saturated heterocycles. The van der Waals surface area contributed by atoms with Crippen LogP contribution in [0.15, 0.2) is 23.1 Å². The van der Waals surface area contributed by atoms with E-state index in [2.05, 4.69) is 5.10 Å². The van der Waals surface area contributed by atoms with Crippen LogP contribution in [0.5, 0.6) is 0 Å². The van der Waals surface area contributed by atoms with Gasteiger partial charge in [0.1, 0.15) is 10.7 Å². The molecule has 0 bridgehead atoms. The molecule has 1 aliphatic rings. The summed E-state index contributed by atoms with van der Waals surface area (Å²) < 4.78 is 47.3. The van der Waals surface area contributed by atoms with Gasteiger partial charge in [-0.3, -0.25) is 4.68 Å². The first-order chi connectivity index (χ1) is 11.8. The summed E-state index contributed by atoms with van der Waals surface area (Å²) >= 11 is 6.07. The fraction of sp³-hybridized carbons (Fsp3) is 0.438. The lowest BCUT2D eigenvalue weighted by atomic mass is 10.2. The Bertz CT molecular complexity index is 892. The monoisotopic (exact) mass is 387 g/mol. The Labute approximate surface area is 151 Å². The summed E-state index contributed by atoms with van der Waals surface area (Å²) in [6.07, 6.45) is 0. The van der Waals surface area contributed by atoms with Gasteiger partial charge in [-0.25, -0.2) is 12.8 Å². The van der Waals surface area contributed by atoms with Crippen molar-refractivity contribution in [2.75, 3.05) is 26.3 Å². The van der Waals surface area contributed by atoms with E-state index in [9.17, 15) is 12.8 Å². The largest absolute Gasteiger partial charge is 0.379 e.